The van der Waals surface area contributed by atoms with Crippen molar-refractivity contribution in [2.24, 2.45) is 5.92 Å². The first-order chi connectivity index (χ1) is 13.8. The number of hydrogen-bond donors (Lipinski definition) is 1. The van der Waals surface area contributed by atoms with Gasteiger partial charge in [0.25, 0.3) is 5.92 Å². The Balaban J connectivity index is 2.02. The molecule has 1 aliphatic heterocycles. The minimum absolute atomic E-state index is 0.0763. The Morgan fingerprint density at radius 1 is 1.31 bits per heavy atom. The van der Waals surface area contributed by atoms with Gasteiger partial charge in [-0.1, -0.05) is 32.4 Å². The first-order valence-corrected chi connectivity index (χ1v) is 10.1. The van der Waals surface area contributed by atoms with Crippen LogP contribution in [0.3, 0.4) is 0 Å². The van der Waals surface area contributed by atoms with E-state index in [0.717, 1.165) is 5.57 Å². The summed E-state index contributed by atoms with van der Waals surface area (Å²) in [6.45, 7) is 10.4. The van der Waals surface area contributed by atoms with E-state index in [-0.39, 0.29) is 30.4 Å². The third-order valence-electron chi connectivity index (χ3n) is 5.48. The molecule has 7 heteroatoms. The van der Waals surface area contributed by atoms with Crippen molar-refractivity contribution in [1.29, 1.82) is 0 Å². The molecule has 2 heterocycles. The molecule has 1 aliphatic rings. The van der Waals surface area contributed by atoms with Crippen molar-refractivity contribution in [3.63, 3.8) is 0 Å². The number of benzene rings is 1. The number of ether oxygens (including phenoxy) is 2. The Kier molecular flexibility index (Phi) is 6.36. The number of methoxy groups -OCH3 is 1. The summed E-state index contributed by atoms with van der Waals surface area (Å²) in [6.07, 6.45) is 0.486. The van der Waals surface area contributed by atoms with E-state index in [0.29, 0.717) is 36.2 Å². The van der Waals surface area contributed by atoms with E-state index < -0.39 is 11.6 Å². The smallest absolute Gasteiger partial charge is 0.295 e. The minimum atomic E-state index is -3.12. The lowest BCUT2D eigenvalue weighted by atomic mass is 9.96. The maximum Gasteiger partial charge on any atom is 0.295 e. The zero-order valence-corrected chi connectivity index (χ0v) is 17.5. The molecule has 0 aliphatic carbocycles. The topological polar surface area (TPSA) is 56.3 Å². The minimum Gasteiger partial charge on any atom is -0.497 e. The average Bonchev–Trinajstić information content (AvgIpc) is 3.05. The molecule has 29 heavy (non-hydrogen) atoms. The van der Waals surface area contributed by atoms with Crippen molar-refractivity contribution in [3.8, 4) is 11.6 Å². The molecule has 1 aromatic heterocycles. The van der Waals surface area contributed by atoms with Gasteiger partial charge in [0.15, 0.2) is 5.69 Å². The second-order valence-electron chi connectivity index (χ2n) is 7.79. The number of unbranched alkanes of at least 4 members (excludes halogenated alkanes) is 1. The molecule has 5 nitrogen and oxygen atoms in total. The predicted octanol–water partition coefficient (Wildman–Crippen LogP) is 4.85. The van der Waals surface area contributed by atoms with E-state index in [2.05, 4.69) is 21.9 Å². The fourth-order valence-corrected chi connectivity index (χ4v) is 3.73. The molecular formula is C22H29F2N3O2. The summed E-state index contributed by atoms with van der Waals surface area (Å²) in [5.41, 5.74) is 1.45. The fourth-order valence-electron chi connectivity index (χ4n) is 3.73. The van der Waals surface area contributed by atoms with Gasteiger partial charge in [-0.05, 0) is 25.5 Å². The van der Waals surface area contributed by atoms with Crippen LogP contribution in [0.2, 0.25) is 0 Å². The maximum atomic E-state index is 15.0. The van der Waals surface area contributed by atoms with E-state index in [1.807, 2.05) is 20.8 Å². The van der Waals surface area contributed by atoms with Gasteiger partial charge in [-0.3, -0.25) is 0 Å². The lowest BCUT2D eigenvalue weighted by Crippen LogP contribution is -2.29. The van der Waals surface area contributed by atoms with Gasteiger partial charge in [-0.2, -0.15) is 8.78 Å². The number of nitrogens with one attached hydrogen (secondary N) is 1. The number of aromatic nitrogens is 2. The molecule has 0 bridgehead atoms. The van der Waals surface area contributed by atoms with Gasteiger partial charge < -0.3 is 14.8 Å². The number of fused-ring (bicyclic) bond motifs is 1. The zero-order valence-electron chi connectivity index (χ0n) is 17.5. The third-order valence-corrected chi connectivity index (χ3v) is 5.48. The Hall–Kier alpha value is -2.28. The van der Waals surface area contributed by atoms with Crippen LogP contribution in [0.4, 0.5) is 8.78 Å². The van der Waals surface area contributed by atoms with E-state index in [4.69, 9.17) is 9.47 Å². The first-order valence-electron chi connectivity index (χ1n) is 10.1. The molecule has 2 aromatic rings. The van der Waals surface area contributed by atoms with E-state index in [1.54, 1.807) is 25.3 Å². The first kappa shape index (κ1) is 21.4. The molecular weight excluding hydrogens is 376 g/mol. The van der Waals surface area contributed by atoms with Crippen molar-refractivity contribution in [3.05, 3.63) is 36.0 Å². The second kappa shape index (κ2) is 8.61. The van der Waals surface area contributed by atoms with Crippen molar-refractivity contribution < 1.29 is 18.3 Å². The molecule has 0 spiro atoms. The quantitative estimate of drug-likeness (QED) is 0.636. The van der Waals surface area contributed by atoms with E-state index in [1.165, 1.54) is 0 Å². The summed E-state index contributed by atoms with van der Waals surface area (Å²) in [5.74, 6) is -2.56. The zero-order chi connectivity index (χ0) is 21.2. The van der Waals surface area contributed by atoms with Gasteiger partial charge in [-0.25, -0.2) is 9.97 Å². The highest BCUT2D eigenvalue weighted by Gasteiger charge is 2.40. The van der Waals surface area contributed by atoms with Crippen LogP contribution in [-0.2, 0) is 5.92 Å². The molecule has 1 N–H and O–H groups in total. The number of hydrogen-bond acceptors (Lipinski definition) is 5. The monoisotopic (exact) mass is 405 g/mol. The Morgan fingerprint density at radius 3 is 2.69 bits per heavy atom. The van der Waals surface area contributed by atoms with E-state index in [9.17, 15) is 0 Å². The Labute approximate surface area is 170 Å². The summed E-state index contributed by atoms with van der Waals surface area (Å²) >= 11 is 0. The predicted molar refractivity (Wildman–Crippen MR) is 110 cm³/mol. The van der Waals surface area contributed by atoms with Crippen LogP contribution < -0.4 is 14.8 Å². The van der Waals surface area contributed by atoms with Crippen molar-refractivity contribution in [2.45, 2.75) is 58.1 Å². The van der Waals surface area contributed by atoms with Crippen LogP contribution in [0.25, 0.3) is 11.0 Å². The summed E-state index contributed by atoms with van der Waals surface area (Å²) < 4.78 is 41.3. The summed E-state index contributed by atoms with van der Waals surface area (Å²) in [7, 11) is 1.54. The summed E-state index contributed by atoms with van der Waals surface area (Å²) in [6, 6.07) is 5.08. The Bertz CT molecular complexity index is 888. The van der Waals surface area contributed by atoms with Gasteiger partial charge in [0.1, 0.15) is 11.9 Å². The average molecular weight is 405 g/mol. The molecule has 3 rings (SSSR count). The molecule has 1 aromatic carbocycles. The van der Waals surface area contributed by atoms with Crippen molar-refractivity contribution >= 4 is 11.0 Å². The van der Waals surface area contributed by atoms with Crippen LogP contribution >= 0.6 is 0 Å². The number of halogens is 2. The van der Waals surface area contributed by atoms with Gasteiger partial charge >= 0.3 is 0 Å². The van der Waals surface area contributed by atoms with Gasteiger partial charge in [0.2, 0.25) is 5.88 Å². The van der Waals surface area contributed by atoms with E-state index >= 15 is 8.78 Å². The SMILES string of the molecule is C=C(C)[C@H]1NC[C@H](Oc2nc3cc(OC)ccc3nc2C(F)(F)CCCC)[C@H]1C. The molecule has 0 radical (unpaired) electrons. The van der Waals surface area contributed by atoms with Crippen LogP contribution in [-0.4, -0.2) is 35.8 Å². The summed E-state index contributed by atoms with van der Waals surface area (Å²) in [5, 5.41) is 3.34. The molecule has 158 valence electrons. The molecule has 1 saturated heterocycles. The number of nitrogens with zero attached hydrogens (tertiary/aromatic N) is 2. The maximum absolute atomic E-state index is 15.0. The van der Waals surface area contributed by atoms with Crippen molar-refractivity contribution in [1.82, 2.24) is 15.3 Å². The lowest BCUT2D eigenvalue weighted by molar-refractivity contribution is -0.0241. The van der Waals surface area contributed by atoms with Crippen LogP contribution in [0.15, 0.2) is 30.4 Å². The third kappa shape index (κ3) is 4.50. The highest BCUT2D eigenvalue weighted by atomic mass is 19.3. The second-order valence-corrected chi connectivity index (χ2v) is 7.79. The number of rotatable bonds is 8. The molecule has 3 atom stereocenters. The molecule has 0 saturated carbocycles. The Morgan fingerprint density at radius 2 is 2.07 bits per heavy atom. The van der Waals surface area contributed by atoms with Crippen LogP contribution in [0, 0.1) is 5.92 Å². The normalized spacial score (nSPS) is 22.1. The number of alkyl halides is 2. The summed E-state index contributed by atoms with van der Waals surface area (Å²) in [4.78, 5) is 8.70. The standard InChI is InChI=1S/C22H29F2N3O2/c1-6-7-10-22(23,24)20-21(29-18-12-25-19(13(2)3)14(18)4)27-17-11-15(28-5)8-9-16(17)26-20/h8-9,11,14,18-19,25H,2,6-7,10,12H2,1,3-5H3/t14-,18+,19-/m1/s1. The fraction of sp³-hybridized carbons (Fsp3) is 0.545. The largest absolute Gasteiger partial charge is 0.497 e. The van der Waals surface area contributed by atoms with Gasteiger partial charge in [-0.15, -0.1) is 0 Å². The molecule has 0 amide bonds. The van der Waals surface area contributed by atoms with Crippen molar-refractivity contribution in [2.75, 3.05) is 13.7 Å². The highest BCUT2D eigenvalue weighted by Crippen LogP contribution is 2.39. The molecule has 1 fully saturated rings. The lowest BCUT2D eigenvalue weighted by Gasteiger charge is -2.24. The van der Waals surface area contributed by atoms with Gasteiger partial charge in [0, 0.05) is 31.0 Å². The van der Waals surface area contributed by atoms with Crippen LogP contribution in [0.5, 0.6) is 11.6 Å². The van der Waals surface area contributed by atoms with Crippen LogP contribution in [0.1, 0.15) is 45.7 Å². The van der Waals surface area contributed by atoms with Gasteiger partial charge in [0.05, 0.1) is 18.1 Å². The molecule has 0 unspecified atom stereocenters. The highest BCUT2D eigenvalue weighted by molar-refractivity contribution is 5.77.